The molecule has 1 rings (SSSR count). The van der Waals surface area contributed by atoms with Crippen LogP contribution in [0.5, 0.6) is 0 Å². The van der Waals surface area contributed by atoms with Crippen molar-refractivity contribution in [2.24, 2.45) is 5.14 Å². The summed E-state index contributed by atoms with van der Waals surface area (Å²) in [6.07, 6.45) is 0.896. The fourth-order valence-electron chi connectivity index (χ4n) is 1.39. The molecule has 0 saturated heterocycles. The van der Waals surface area contributed by atoms with Gasteiger partial charge in [0.25, 0.3) is 5.91 Å². The van der Waals surface area contributed by atoms with E-state index in [1.807, 2.05) is 6.92 Å². The summed E-state index contributed by atoms with van der Waals surface area (Å²) in [7, 11) is -3.49. The number of aromatic nitrogens is 2. The molecule has 1 aromatic rings. The van der Waals surface area contributed by atoms with Crippen molar-refractivity contribution in [2.45, 2.75) is 19.8 Å². The van der Waals surface area contributed by atoms with Crippen LogP contribution in [0.2, 0.25) is 0 Å². The van der Waals surface area contributed by atoms with E-state index in [-0.39, 0.29) is 24.4 Å². The number of amides is 1. The molecule has 0 bridgehead atoms. The molecule has 0 saturated carbocycles. The van der Waals surface area contributed by atoms with E-state index in [0.717, 1.165) is 0 Å². The third-order valence-corrected chi connectivity index (χ3v) is 3.20. The number of H-pyrrole nitrogens is 1. The van der Waals surface area contributed by atoms with Crippen LogP contribution in [0.3, 0.4) is 0 Å². The van der Waals surface area contributed by atoms with Crippen LogP contribution < -0.4 is 16.2 Å². The van der Waals surface area contributed by atoms with Gasteiger partial charge in [-0.15, -0.1) is 0 Å². The van der Waals surface area contributed by atoms with E-state index in [1.165, 1.54) is 0 Å². The Bertz CT molecular complexity index is 522. The lowest BCUT2D eigenvalue weighted by Crippen LogP contribution is -2.28. The van der Waals surface area contributed by atoms with Gasteiger partial charge in [0.15, 0.2) is 5.69 Å². The molecule has 1 aromatic heterocycles. The van der Waals surface area contributed by atoms with Crippen LogP contribution >= 0.6 is 0 Å². The SMILES string of the molecule is CCc1[nH]nc(C(=O)NCCCS(N)(=O)=O)c1N. The fourth-order valence-corrected chi connectivity index (χ4v) is 1.94. The molecule has 0 aliphatic heterocycles. The van der Waals surface area contributed by atoms with Gasteiger partial charge in [0.2, 0.25) is 10.0 Å². The lowest BCUT2D eigenvalue weighted by Gasteiger charge is -2.03. The highest BCUT2D eigenvalue weighted by atomic mass is 32.2. The Morgan fingerprint density at radius 2 is 2.17 bits per heavy atom. The number of primary sulfonamides is 1. The normalized spacial score (nSPS) is 11.4. The van der Waals surface area contributed by atoms with E-state index in [2.05, 4.69) is 15.5 Å². The summed E-state index contributed by atoms with van der Waals surface area (Å²) in [4.78, 5) is 11.7. The number of carbonyl (C=O) groups is 1. The number of aromatic amines is 1. The Morgan fingerprint density at radius 1 is 1.50 bits per heavy atom. The molecule has 9 heteroatoms. The van der Waals surface area contributed by atoms with Crippen molar-refractivity contribution in [1.29, 1.82) is 0 Å². The summed E-state index contributed by atoms with van der Waals surface area (Å²) in [5.74, 6) is -0.610. The van der Waals surface area contributed by atoms with Gasteiger partial charge in [-0.2, -0.15) is 5.10 Å². The monoisotopic (exact) mass is 275 g/mol. The molecule has 0 spiro atoms. The molecule has 0 radical (unpaired) electrons. The number of anilines is 1. The molecule has 0 atom stereocenters. The Hall–Kier alpha value is -1.61. The summed E-state index contributed by atoms with van der Waals surface area (Å²) in [5.41, 5.74) is 6.86. The zero-order valence-electron chi connectivity index (χ0n) is 10.1. The van der Waals surface area contributed by atoms with E-state index in [4.69, 9.17) is 10.9 Å². The Balaban J connectivity index is 2.48. The predicted molar refractivity (Wildman–Crippen MR) is 67.3 cm³/mol. The first kappa shape index (κ1) is 14.5. The number of nitrogen functional groups attached to an aromatic ring is 1. The number of carbonyl (C=O) groups excluding carboxylic acids is 1. The molecular weight excluding hydrogens is 258 g/mol. The van der Waals surface area contributed by atoms with Gasteiger partial charge in [0, 0.05) is 6.54 Å². The van der Waals surface area contributed by atoms with Crippen molar-refractivity contribution >= 4 is 21.6 Å². The number of aryl methyl sites for hydroxylation is 1. The lowest BCUT2D eigenvalue weighted by atomic mass is 10.2. The molecule has 18 heavy (non-hydrogen) atoms. The molecule has 0 aliphatic carbocycles. The van der Waals surface area contributed by atoms with Crippen molar-refractivity contribution < 1.29 is 13.2 Å². The van der Waals surface area contributed by atoms with Gasteiger partial charge < -0.3 is 11.1 Å². The maximum absolute atomic E-state index is 11.7. The van der Waals surface area contributed by atoms with Gasteiger partial charge in [0.1, 0.15) is 0 Å². The first-order valence-corrected chi connectivity index (χ1v) is 7.18. The molecule has 1 amide bonds. The molecule has 6 N–H and O–H groups in total. The van der Waals surface area contributed by atoms with E-state index < -0.39 is 15.9 Å². The van der Waals surface area contributed by atoms with Crippen LogP contribution in [-0.4, -0.2) is 36.8 Å². The number of nitrogens with two attached hydrogens (primary N) is 2. The smallest absolute Gasteiger partial charge is 0.273 e. The first-order chi connectivity index (χ1) is 8.35. The quantitative estimate of drug-likeness (QED) is 0.490. The third-order valence-electron chi connectivity index (χ3n) is 2.34. The topological polar surface area (TPSA) is 144 Å². The third kappa shape index (κ3) is 4.00. The van der Waals surface area contributed by atoms with Crippen LogP contribution in [0.1, 0.15) is 29.5 Å². The average Bonchev–Trinajstić information content (AvgIpc) is 2.64. The van der Waals surface area contributed by atoms with Crippen molar-refractivity contribution in [1.82, 2.24) is 15.5 Å². The van der Waals surface area contributed by atoms with E-state index in [1.54, 1.807) is 0 Å². The highest BCUT2D eigenvalue weighted by Crippen LogP contribution is 2.13. The van der Waals surface area contributed by atoms with Crippen molar-refractivity contribution in [3.8, 4) is 0 Å². The molecule has 0 aliphatic rings. The van der Waals surface area contributed by atoms with E-state index >= 15 is 0 Å². The van der Waals surface area contributed by atoms with Gasteiger partial charge in [-0.25, -0.2) is 13.6 Å². The highest BCUT2D eigenvalue weighted by molar-refractivity contribution is 7.89. The minimum atomic E-state index is -3.49. The zero-order valence-corrected chi connectivity index (χ0v) is 10.9. The largest absolute Gasteiger partial charge is 0.395 e. The molecule has 102 valence electrons. The minimum absolute atomic E-state index is 0.127. The summed E-state index contributed by atoms with van der Waals surface area (Å²) in [6.45, 7) is 2.08. The fraction of sp³-hybridized carbons (Fsp3) is 0.556. The molecule has 0 aromatic carbocycles. The number of nitrogens with one attached hydrogen (secondary N) is 2. The van der Waals surface area contributed by atoms with Gasteiger partial charge in [-0.05, 0) is 12.8 Å². The van der Waals surface area contributed by atoms with Crippen LogP contribution in [0, 0.1) is 0 Å². The van der Waals surface area contributed by atoms with Crippen LogP contribution in [0.4, 0.5) is 5.69 Å². The Labute approximate surface area is 105 Å². The number of nitrogens with zero attached hydrogens (tertiary/aromatic N) is 1. The highest BCUT2D eigenvalue weighted by Gasteiger charge is 2.15. The maximum atomic E-state index is 11.7. The van der Waals surface area contributed by atoms with Gasteiger partial charge in [-0.1, -0.05) is 6.92 Å². The second kappa shape index (κ2) is 5.83. The average molecular weight is 275 g/mol. The van der Waals surface area contributed by atoms with Gasteiger partial charge >= 0.3 is 0 Å². The predicted octanol–water partition coefficient (Wildman–Crippen LogP) is -1.04. The van der Waals surface area contributed by atoms with Gasteiger partial charge in [-0.3, -0.25) is 9.89 Å². The van der Waals surface area contributed by atoms with Crippen molar-refractivity contribution in [3.63, 3.8) is 0 Å². The Morgan fingerprint density at radius 3 is 2.67 bits per heavy atom. The standard InChI is InChI=1S/C9H17N5O3S/c1-2-6-7(10)8(14-13-6)9(15)12-4-3-5-18(11,16)17/h2-5,10H2,1H3,(H,12,15)(H,13,14)(H2,11,16,17). The second-order valence-corrected chi connectivity index (χ2v) is 5.53. The zero-order chi connectivity index (χ0) is 13.8. The summed E-state index contributed by atoms with van der Waals surface area (Å²) >= 11 is 0. The molecule has 1 heterocycles. The number of sulfonamides is 1. The number of hydrogen-bond acceptors (Lipinski definition) is 5. The van der Waals surface area contributed by atoms with E-state index in [9.17, 15) is 13.2 Å². The minimum Gasteiger partial charge on any atom is -0.395 e. The van der Waals surface area contributed by atoms with Crippen LogP contribution in [-0.2, 0) is 16.4 Å². The van der Waals surface area contributed by atoms with Crippen molar-refractivity contribution in [3.05, 3.63) is 11.4 Å². The number of hydrogen-bond donors (Lipinski definition) is 4. The van der Waals surface area contributed by atoms with Gasteiger partial charge in [0.05, 0.1) is 17.1 Å². The Kier molecular flexibility index (Phi) is 4.68. The van der Waals surface area contributed by atoms with Crippen LogP contribution in [0.25, 0.3) is 0 Å². The van der Waals surface area contributed by atoms with Crippen LogP contribution in [0.15, 0.2) is 0 Å². The van der Waals surface area contributed by atoms with Crippen molar-refractivity contribution in [2.75, 3.05) is 18.0 Å². The summed E-state index contributed by atoms with van der Waals surface area (Å²) < 4.78 is 21.3. The maximum Gasteiger partial charge on any atom is 0.273 e. The second-order valence-electron chi connectivity index (χ2n) is 3.79. The molecular formula is C9H17N5O3S. The molecule has 0 unspecified atom stereocenters. The molecule has 8 nitrogen and oxygen atoms in total. The molecule has 0 fully saturated rings. The first-order valence-electron chi connectivity index (χ1n) is 5.46. The summed E-state index contributed by atoms with van der Waals surface area (Å²) in [5, 5.41) is 13.8. The number of rotatable bonds is 6. The van der Waals surface area contributed by atoms with E-state index in [0.29, 0.717) is 17.8 Å². The lowest BCUT2D eigenvalue weighted by molar-refractivity contribution is 0.0949. The summed E-state index contributed by atoms with van der Waals surface area (Å²) in [6, 6.07) is 0.